The SMILES string of the molecule is CN=C/C(=C\N)c1ccc(CO)c(F)c1. The Kier molecular flexibility index (Phi) is 4.00. The highest BCUT2D eigenvalue weighted by atomic mass is 19.1. The molecular formula is C11H13FN2O. The van der Waals surface area contributed by atoms with E-state index in [1.807, 2.05) is 0 Å². The molecule has 0 heterocycles. The van der Waals surface area contributed by atoms with Crippen LogP contribution in [0, 0.1) is 5.82 Å². The highest BCUT2D eigenvalue weighted by molar-refractivity contribution is 6.09. The van der Waals surface area contributed by atoms with Crippen molar-refractivity contribution in [1.29, 1.82) is 0 Å². The van der Waals surface area contributed by atoms with Gasteiger partial charge in [0.25, 0.3) is 0 Å². The van der Waals surface area contributed by atoms with Crippen LogP contribution in [0.2, 0.25) is 0 Å². The Balaban J connectivity index is 3.11. The quantitative estimate of drug-likeness (QED) is 0.736. The van der Waals surface area contributed by atoms with Crippen LogP contribution in [0.25, 0.3) is 5.57 Å². The predicted octanol–water partition coefficient (Wildman–Crippen LogP) is 1.32. The summed E-state index contributed by atoms with van der Waals surface area (Å²) in [7, 11) is 1.61. The molecule has 0 unspecified atom stereocenters. The van der Waals surface area contributed by atoms with Crippen molar-refractivity contribution < 1.29 is 9.50 Å². The second-order valence-electron chi connectivity index (χ2n) is 2.97. The van der Waals surface area contributed by atoms with Crippen LogP contribution in [0.1, 0.15) is 11.1 Å². The summed E-state index contributed by atoms with van der Waals surface area (Å²) < 4.78 is 13.3. The zero-order valence-electron chi connectivity index (χ0n) is 8.44. The Morgan fingerprint density at radius 1 is 1.60 bits per heavy atom. The smallest absolute Gasteiger partial charge is 0.129 e. The summed E-state index contributed by atoms with van der Waals surface area (Å²) in [5.74, 6) is -0.446. The first-order valence-electron chi connectivity index (χ1n) is 4.46. The molecule has 0 atom stereocenters. The van der Waals surface area contributed by atoms with Gasteiger partial charge in [-0.25, -0.2) is 4.39 Å². The fourth-order valence-corrected chi connectivity index (χ4v) is 1.21. The minimum atomic E-state index is -0.446. The molecule has 80 valence electrons. The monoisotopic (exact) mass is 208 g/mol. The lowest BCUT2D eigenvalue weighted by atomic mass is 10.1. The fraction of sp³-hybridized carbons (Fsp3) is 0.182. The molecule has 15 heavy (non-hydrogen) atoms. The molecule has 0 spiro atoms. The van der Waals surface area contributed by atoms with E-state index in [0.717, 1.165) is 0 Å². The topological polar surface area (TPSA) is 58.6 Å². The summed E-state index contributed by atoms with van der Waals surface area (Å²) in [6.45, 7) is -0.310. The van der Waals surface area contributed by atoms with Gasteiger partial charge in [-0.05, 0) is 11.6 Å². The Morgan fingerprint density at radius 3 is 2.80 bits per heavy atom. The Bertz CT molecular complexity index is 400. The van der Waals surface area contributed by atoms with Crippen LogP contribution in [-0.4, -0.2) is 18.4 Å². The molecule has 0 saturated carbocycles. The lowest BCUT2D eigenvalue weighted by Gasteiger charge is -2.04. The molecule has 3 nitrogen and oxygen atoms in total. The molecule has 1 rings (SSSR count). The summed E-state index contributed by atoms with van der Waals surface area (Å²) in [5, 5.41) is 8.80. The zero-order valence-corrected chi connectivity index (χ0v) is 8.44. The normalized spacial score (nSPS) is 12.3. The lowest BCUT2D eigenvalue weighted by Crippen LogP contribution is -1.95. The second kappa shape index (κ2) is 5.26. The van der Waals surface area contributed by atoms with Crippen molar-refractivity contribution in [2.24, 2.45) is 10.7 Å². The summed E-state index contributed by atoms with van der Waals surface area (Å²) >= 11 is 0. The van der Waals surface area contributed by atoms with Crippen LogP contribution >= 0.6 is 0 Å². The molecule has 0 aliphatic carbocycles. The maximum atomic E-state index is 13.3. The number of hydrogen-bond donors (Lipinski definition) is 2. The van der Waals surface area contributed by atoms with Crippen LogP contribution < -0.4 is 5.73 Å². The average Bonchev–Trinajstić information content (AvgIpc) is 2.25. The maximum Gasteiger partial charge on any atom is 0.129 e. The van der Waals surface area contributed by atoms with Gasteiger partial charge in [0.05, 0.1) is 6.61 Å². The van der Waals surface area contributed by atoms with Crippen molar-refractivity contribution in [3.05, 3.63) is 41.3 Å². The fourth-order valence-electron chi connectivity index (χ4n) is 1.21. The Hall–Kier alpha value is -1.68. The van der Waals surface area contributed by atoms with E-state index in [2.05, 4.69) is 4.99 Å². The number of aliphatic hydroxyl groups is 1. The second-order valence-corrected chi connectivity index (χ2v) is 2.97. The molecule has 0 radical (unpaired) electrons. The molecule has 0 bridgehead atoms. The molecule has 0 fully saturated rings. The van der Waals surface area contributed by atoms with E-state index in [-0.39, 0.29) is 12.2 Å². The number of benzene rings is 1. The first kappa shape index (κ1) is 11.4. The van der Waals surface area contributed by atoms with E-state index in [1.54, 1.807) is 19.3 Å². The number of halogens is 1. The Labute approximate surface area is 87.8 Å². The summed E-state index contributed by atoms with van der Waals surface area (Å²) in [5.41, 5.74) is 6.93. The van der Waals surface area contributed by atoms with Gasteiger partial charge < -0.3 is 10.8 Å². The highest BCUT2D eigenvalue weighted by Crippen LogP contribution is 2.16. The number of allylic oxidation sites excluding steroid dienone is 1. The third kappa shape index (κ3) is 2.63. The Morgan fingerprint density at radius 2 is 2.33 bits per heavy atom. The summed E-state index contributed by atoms with van der Waals surface area (Å²) in [6, 6.07) is 4.54. The molecule has 0 saturated heterocycles. The minimum Gasteiger partial charge on any atom is -0.404 e. The van der Waals surface area contributed by atoms with Crippen LogP contribution in [-0.2, 0) is 6.61 Å². The van der Waals surface area contributed by atoms with Gasteiger partial charge in [0.15, 0.2) is 0 Å². The highest BCUT2D eigenvalue weighted by Gasteiger charge is 2.04. The number of aliphatic hydroxyl groups excluding tert-OH is 1. The van der Waals surface area contributed by atoms with E-state index in [9.17, 15) is 4.39 Å². The van der Waals surface area contributed by atoms with Gasteiger partial charge in [-0.3, -0.25) is 4.99 Å². The van der Waals surface area contributed by atoms with Crippen LogP contribution in [0.5, 0.6) is 0 Å². The lowest BCUT2D eigenvalue weighted by molar-refractivity contribution is 0.275. The molecule has 0 amide bonds. The average molecular weight is 208 g/mol. The number of hydrogen-bond acceptors (Lipinski definition) is 3. The minimum absolute atomic E-state index is 0.267. The van der Waals surface area contributed by atoms with Gasteiger partial charge in [0.1, 0.15) is 5.82 Å². The zero-order chi connectivity index (χ0) is 11.3. The number of rotatable bonds is 3. The molecule has 0 aliphatic rings. The van der Waals surface area contributed by atoms with E-state index in [4.69, 9.17) is 10.8 Å². The number of nitrogens with two attached hydrogens (primary N) is 1. The van der Waals surface area contributed by atoms with Gasteiger partial charge in [-0.1, -0.05) is 12.1 Å². The van der Waals surface area contributed by atoms with Crippen molar-refractivity contribution in [3.8, 4) is 0 Å². The molecule has 3 N–H and O–H groups in total. The number of aliphatic imine (C=N–C) groups is 1. The van der Waals surface area contributed by atoms with Gasteiger partial charge in [-0.15, -0.1) is 0 Å². The molecule has 0 aromatic heterocycles. The predicted molar refractivity (Wildman–Crippen MR) is 58.9 cm³/mol. The third-order valence-electron chi connectivity index (χ3n) is 2.00. The van der Waals surface area contributed by atoms with Crippen LogP contribution in [0.3, 0.4) is 0 Å². The maximum absolute atomic E-state index is 13.3. The third-order valence-corrected chi connectivity index (χ3v) is 2.00. The van der Waals surface area contributed by atoms with E-state index < -0.39 is 5.82 Å². The van der Waals surface area contributed by atoms with Crippen molar-refractivity contribution in [2.45, 2.75) is 6.61 Å². The molecule has 0 aliphatic heterocycles. The summed E-state index contributed by atoms with van der Waals surface area (Å²) in [6.07, 6.45) is 2.91. The van der Waals surface area contributed by atoms with Gasteiger partial charge in [0.2, 0.25) is 0 Å². The standard InChI is InChI=1S/C11H13FN2O/c1-14-6-10(5-13)8-2-3-9(7-15)11(12)4-8/h2-6,15H,7,13H2,1H3/b10-5+,14-6?. The van der Waals surface area contributed by atoms with Gasteiger partial charge in [-0.2, -0.15) is 0 Å². The van der Waals surface area contributed by atoms with Gasteiger partial charge >= 0.3 is 0 Å². The van der Waals surface area contributed by atoms with Crippen molar-refractivity contribution in [1.82, 2.24) is 0 Å². The van der Waals surface area contributed by atoms with Crippen molar-refractivity contribution >= 4 is 11.8 Å². The van der Waals surface area contributed by atoms with E-state index in [0.29, 0.717) is 11.1 Å². The largest absolute Gasteiger partial charge is 0.404 e. The summed E-state index contributed by atoms with van der Waals surface area (Å²) in [4.78, 5) is 3.81. The van der Waals surface area contributed by atoms with E-state index >= 15 is 0 Å². The van der Waals surface area contributed by atoms with E-state index in [1.165, 1.54) is 18.3 Å². The first-order valence-corrected chi connectivity index (χ1v) is 4.46. The van der Waals surface area contributed by atoms with Crippen LogP contribution in [0.4, 0.5) is 4.39 Å². The van der Waals surface area contributed by atoms with Crippen molar-refractivity contribution in [3.63, 3.8) is 0 Å². The van der Waals surface area contributed by atoms with Crippen LogP contribution in [0.15, 0.2) is 29.4 Å². The molecular weight excluding hydrogens is 195 g/mol. The molecule has 1 aromatic rings. The van der Waals surface area contributed by atoms with Gasteiger partial charge in [0, 0.05) is 30.6 Å². The molecule has 4 heteroatoms. The number of nitrogens with zero attached hydrogens (tertiary/aromatic N) is 1. The van der Waals surface area contributed by atoms with Crippen molar-refractivity contribution in [2.75, 3.05) is 7.05 Å². The first-order chi connectivity index (χ1) is 7.22. The molecule has 1 aromatic carbocycles.